The summed E-state index contributed by atoms with van der Waals surface area (Å²) in [6.07, 6.45) is 3.48. The zero-order valence-electron chi connectivity index (χ0n) is 13.9. The van der Waals surface area contributed by atoms with Gasteiger partial charge in [0, 0.05) is 12.0 Å². The summed E-state index contributed by atoms with van der Waals surface area (Å²) >= 11 is 0. The van der Waals surface area contributed by atoms with Crippen LogP contribution in [0.4, 0.5) is 4.79 Å². The average Bonchev–Trinajstić information content (AvgIpc) is 3.34. The Morgan fingerprint density at radius 3 is 2.62 bits per heavy atom. The van der Waals surface area contributed by atoms with E-state index in [1.807, 2.05) is 25.1 Å². The minimum atomic E-state index is -0.491. The fraction of sp³-hybridized carbons (Fsp3) is 0.500. The molecule has 128 valence electrons. The Hall–Kier alpha value is -2.37. The Morgan fingerprint density at radius 1 is 1.29 bits per heavy atom. The van der Waals surface area contributed by atoms with Crippen LogP contribution < -0.4 is 10.6 Å². The molecule has 1 aromatic carbocycles. The lowest BCUT2D eigenvalue weighted by molar-refractivity contribution is -0.132. The first-order chi connectivity index (χ1) is 11.6. The zero-order valence-corrected chi connectivity index (χ0v) is 13.9. The van der Waals surface area contributed by atoms with Gasteiger partial charge in [0.1, 0.15) is 12.6 Å². The van der Waals surface area contributed by atoms with Crippen molar-refractivity contribution in [1.82, 2.24) is 15.5 Å². The summed E-state index contributed by atoms with van der Waals surface area (Å²) < 4.78 is 0. The zero-order chi connectivity index (χ0) is 17.2. The second-order valence-electron chi connectivity index (χ2n) is 6.64. The average molecular weight is 329 g/mol. The summed E-state index contributed by atoms with van der Waals surface area (Å²) in [7, 11) is 0. The van der Waals surface area contributed by atoms with Crippen LogP contribution in [0.25, 0.3) is 0 Å². The maximum absolute atomic E-state index is 12.2. The fourth-order valence-electron chi connectivity index (χ4n) is 3.19. The highest BCUT2D eigenvalue weighted by Gasteiger charge is 2.44. The molecule has 1 saturated heterocycles. The molecule has 1 atom stereocenters. The number of nitrogens with one attached hydrogen (secondary N) is 2. The van der Waals surface area contributed by atoms with Crippen LogP contribution in [-0.2, 0) is 15.0 Å². The normalized spacial score (nSPS) is 21.5. The third-order valence-electron chi connectivity index (χ3n) is 4.85. The van der Waals surface area contributed by atoms with Gasteiger partial charge in [0.15, 0.2) is 0 Å². The molecule has 0 bridgehead atoms. The van der Waals surface area contributed by atoms with Gasteiger partial charge in [0.05, 0.1) is 0 Å². The molecule has 1 aliphatic carbocycles. The monoisotopic (exact) mass is 329 g/mol. The molecule has 0 spiro atoms. The maximum Gasteiger partial charge on any atom is 0.325 e. The van der Waals surface area contributed by atoms with Crippen molar-refractivity contribution in [3.05, 3.63) is 35.9 Å². The second kappa shape index (κ2) is 6.63. The summed E-state index contributed by atoms with van der Waals surface area (Å²) in [6.45, 7) is 2.28. The van der Waals surface area contributed by atoms with Gasteiger partial charge in [-0.25, -0.2) is 4.79 Å². The Balaban J connectivity index is 1.53. The van der Waals surface area contributed by atoms with E-state index >= 15 is 0 Å². The maximum atomic E-state index is 12.2. The van der Waals surface area contributed by atoms with Crippen LogP contribution in [0, 0.1) is 0 Å². The molecule has 4 amide bonds. The summed E-state index contributed by atoms with van der Waals surface area (Å²) in [5, 5.41) is 5.51. The molecule has 2 N–H and O–H groups in total. The molecule has 0 aromatic heterocycles. The second-order valence-corrected chi connectivity index (χ2v) is 6.64. The van der Waals surface area contributed by atoms with Crippen molar-refractivity contribution in [2.75, 3.05) is 13.1 Å². The first-order valence-electron chi connectivity index (χ1n) is 8.50. The van der Waals surface area contributed by atoms with Gasteiger partial charge < -0.3 is 10.6 Å². The van der Waals surface area contributed by atoms with Gasteiger partial charge in [0.25, 0.3) is 5.91 Å². The van der Waals surface area contributed by atoms with Crippen molar-refractivity contribution < 1.29 is 14.4 Å². The van der Waals surface area contributed by atoms with Crippen LogP contribution in [0.15, 0.2) is 30.3 Å². The SMILES string of the molecule is CCC[C@H]1NC(=O)N(CC(=O)NCC2(c3ccccc3)CC2)C1=O. The molecule has 2 aliphatic rings. The number of imide groups is 1. The molecule has 3 rings (SSSR count). The smallest absolute Gasteiger partial charge is 0.325 e. The fourth-order valence-corrected chi connectivity index (χ4v) is 3.19. The van der Waals surface area contributed by atoms with Gasteiger partial charge >= 0.3 is 6.03 Å². The quantitative estimate of drug-likeness (QED) is 0.745. The van der Waals surface area contributed by atoms with Crippen molar-refractivity contribution in [3.63, 3.8) is 0 Å². The van der Waals surface area contributed by atoms with Crippen LogP contribution in [0.2, 0.25) is 0 Å². The van der Waals surface area contributed by atoms with Gasteiger partial charge in [-0.15, -0.1) is 0 Å². The number of carbonyl (C=O) groups excluding carboxylic acids is 3. The number of hydrogen-bond donors (Lipinski definition) is 2. The van der Waals surface area contributed by atoms with E-state index in [0.717, 1.165) is 24.2 Å². The Morgan fingerprint density at radius 2 is 2.00 bits per heavy atom. The largest absolute Gasteiger partial charge is 0.354 e. The lowest BCUT2D eigenvalue weighted by Gasteiger charge is -2.18. The number of rotatable bonds is 7. The number of amides is 4. The predicted molar refractivity (Wildman–Crippen MR) is 89.3 cm³/mol. The highest BCUT2D eigenvalue weighted by atomic mass is 16.2. The van der Waals surface area contributed by atoms with Gasteiger partial charge in [-0.3, -0.25) is 14.5 Å². The van der Waals surface area contributed by atoms with Crippen molar-refractivity contribution in [3.8, 4) is 0 Å². The molecule has 1 aromatic rings. The molecule has 0 unspecified atom stereocenters. The van der Waals surface area contributed by atoms with E-state index in [9.17, 15) is 14.4 Å². The van der Waals surface area contributed by atoms with Gasteiger partial charge in [-0.1, -0.05) is 43.7 Å². The molecule has 0 radical (unpaired) electrons. The first-order valence-corrected chi connectivity index (χ1v) is 8.50. The molecule has 1 aliphatic heterocycles. The molecular weight excluding hydrogens is 306 g/mol. The molecule has 24 heavy (non-hydrogen) atoms. The summed E-state index contributed by atoms with van der Waals surface area (Å²) in [4.78, 5) is 37.2. The van der Waals surface area contributed by atoms with Gasteiger partial charge in [0.2, 0.25) is 5.91 Å². The van der Waals surface area contributed by atoms with Crippen molar-refractivity contribution in [2.45, 2.75) is 44.1 Å². The Bertz CT molecular complexity index is 640. The number of carbonyl (C=O) groups is 3. The van der Waals surface area contributed by atoms with Gasteiger partial charge in [-0.05, 0) is 24.8 Å². The molecular formula is C18H23N3O3. The van der Waals surface area contributed by atoms with Crippen molar-refractivity contribution in [1.29, 1.82) is 0 Å². The highest BCUT2D eigenvalue weighted by molar-refractivity contribution is 6.06. The van der Waals surface area contributed by atoms with E-state index in [-0.39, 0.29) is 23.8 Å². The lowest BCUT2D eigenvalue weighted by Crippen LogP contribution is -2.43. The van der Waals surface area contributed by atoms with Crippen molar-refractivity contribution >= 4 is 17.8 Å². The summed E-state index contributed by atoms with van der Waals surface area (Å²) in [6, 6.07) is 9.16. The molecule has 1 heterocycles. The van der Waals surface area contributed by atoms with E-state index in [4.69, 9.17) is 0 Å². The third-order valence-corrected chi connectivity index (χ3v) is 4.85. The van der Waals surface area contributed by atoms with Crippen LogP contribution in [0.1, 0.15) is 38.2 Å². The summed E-state index contributed by atoms with van der Waals surface area (Å²) in [5.74, 6) is -0.598. The van der Waals surface area contributed by atoms with Crippen LogP contribution in [0.5, 0.6) is 0 Å². The van der Waals surface area contributed by atoms with E-state index in [0.29, 0.717) is 13.0 Å². The van der Waals surface area contributed by atoms with Crippen molar-refractivity contribution in [2.24, 2.45) is 0 Å². The minimum absolute atomic E-state index is 0.0128. The number of urea groups is 1. The van der Waals surface area contributed by atoms with E-state index < -0.39 is 12.1 Å². The Labute approximate surface area is 141 Å². The van der Waals surface area contributed by atoms with E-state index in [2.05, 4.69) is 22.8 Å². The number of hydrogen-bond acceptors (Lipinski definition) is 3. The molecule has 1 saturated carbocycles. The topological polar surface area (TPSA) is 78.5 Å². The first kappa shape index (κ1) is 16.5. The third kappa shape index (κ3) is 3.27. The molecule has 6 heteroatoms. The number of benzene rings is 1. The van der Waals surface area contributed by atoms with Crippen LogP contribution >= 0.6 is 0 Å². The van der Waals surface area contributed by atoms with E-state index in [1.54, 1.807) is 0 Å². The standard InChI is InChI=1S/C18H23N3O3/c1-2-6-14-16(23)21(17(24)20-14)11-15(22)19-12-18(9-10-18)13-7-4-3-5-8-13/h3-5,7-8,14H,2,6,9-12H2,1H3,(H,19,22)(H,20,24)/t14-/m1/s1. The molecule has 6 nitrogen and oxygen atoms in total. The van der Waals surface area contributed by atoms with Gasteiger partial charge in [-0.2, -0.15) is 0 Å². The number of nitrogens with zero attached hydrogens (tertiary/aromatic N) is 1. The summed E-state index contributed by atoms with van der Waals surface area (Å²) in [5.41, 5.74) is 1.24. The van der Waals surface area contributed by atoms with Crippen LogP contribution in [0.3, 0.4) is 0 Å². The Kier molecular flexibility index (Phi) is 4.55. The predicted octanol–water partition coefficient (Wildman–Crippen LogP) is 1.55. The lowest BCUT2D eigenvalue weighted by atomic mass is 9.96. The van der Waals surface area contributed by atoms with E-state index in [1.165, 1.54) is 5.56 Å². The molecule has 2 fully saturated rings. The van der Waals surface area contributed by atoms with Crippen LogP contribution in [-0.4, -0.2) is 41.9 Å². The minimum Gasteiger partial charge on any atom is -0.354 e. The highest BCUT2D eigenvalue weighted by Crippen LogP contribution is 2.47.